The molecule has 0 bridgehead atoms. The quantitative estimate of drug-likeness (QED) is 0.495. The van der Waals surface area contributed by atoms with Crippen molar-refractivity contribution in [3.8, 4) is 0 Å². The molecule has 0 aliphatic rings. The van der Waals surface area contributed by atoms with E-state index >= 15 is 0 Å². The third kappa shape index (κ3) is 3.66. The minimum atomic E-state index is -0.445. The molecule has 1 N–H and O–H groups in total. The molecule has 0 atom stereocenters. The van der Waals surface area contributed by atoms with Crippen LogP contribution in [0, 0.1) is 0 Å². The molecule has 0 spiro atoms. The Morgan fingerprint density at radius 1 is 1.19 bits per heavy atom. The van der Waals surface area contributed by atoms with Crippen LogP contribution in [0.1, 0.15) is 16.1 Å². The molecular weight excluding hydrogens is 457 g/mol. The van der Waals surface area contributed by atoms with Crippen LogP contribution in [0.2, 0.25) is 10.0 Å². The molecule has 11 heteroatoms. The highest BCUT2D eigenvalue weighted by atomic mass is 79.9. The minimum absolute atomic E-state index is 0.164. The number of nitrogens with one attached hydrogen (secondary N) is 1. The average Bonchev–Trinajstić information content (AvgIpc) is 3.23. The lowest BCUT2D eigenvalue weighted by Crippen LogP contribution is -2.14. The molecule has 0 aliphatic carbocycles. The van der Waals surface area contributed by atoms with Crippen LogP contribution >= 0.6 is 39.1 Å². The van der Waals surface area contributed by atoms with Crippen molar-refractivity contribution in [2.45, 2.75) is 6.54 Å². The third-order valence-corrected chi connectivity index (χ3v) is 5.11. The van der Waals surface area contributed by atoms with E-state index in [-0.39, 0.29) is 11.6 Å². The summed E-state index contributed by atoms with van der Waals surface area (Å²) in [6, 6.07) is 7.04. The van der Waals surface area contributed by atoms with E-state index in [9.17, 15) is 4.79 Å². The van der Waals surface area contributed by atoms with Crippen molar-refractivity contribution in [3.05, 3.63) is 68.8 Å². The minimum Gasteiger partial charge on any atom is -0.288 e. The van der Waals surface area contributed by atoms with E-state index in [4.69, 9.17) is 23.2 Å². The lowest BCUT2D eigenvalue weighted by atomic mass is 10.2. The van der Waals surface area contributed by atoms with Gasteiger partial charge in [-0.25, -0.2) is 19.2 Å². The Morgan fingerprint density at radius 2 is 2.04 bits per heavy atom. The molecule has 4 rings (SSSR count). The SMILES string of the molecule is O=C(Nc1ncn(Cc2ccc(Cl)c(Cl)c2)n1)c1nn2cccnc2c1Br. The summed E-state index contributed by atoms with van der Waals surface area (Å²) in [5.41, 5.74) is 1.64. The molecule has 4 aromatic rings. The van der Waals surface area contributed by atoms with Crippen LogP contribution in [-0.2, 0) is 6.54 Å². The summed E-state index contributed by atoms with van der Waals surface area (Å²) in [7, 11) is 0. The van der Waals surface area contributed by atoms with Gasteiger partial charge in [0.05, 0.1) is 21.1 Å². The van der Waals surface area contributed by atoms with Gasteiger partial charge in [-0.15, -0.1) is 5.10 Å². The second-order valence-corrected chi connectivity index (χ2v) is 7.13. The van der Waals surface area contributed by atoms with Crippen LogP contribution in [-0.4, -0.2) is 35.3 Å². The second-order valence-electron chi connectivity index (χ2n) is 5.52. The standard InChI is InChI=1S/C16H10BrCl2N7O/c17-12-13(23-26-5-1-4-20-14(12)26)15(27)22-16-21-8-25(24-16)7-9-2-3-10(18)11(19)6-9/h1-6,8H,7H2,(H,22,24,27). The number of halogens is 3. The fourth-order valence-electron chi connectivity index (χ4n) is 2.42. The lowest BCUT2D eigenvalue weighted by Gasteiger charge is -2.03. The molecule has 1 amide bonds. The van der Waals surface area contributed by atoms with Crippen LogP contribution in [0.15, 0.2) is 47.5 Å². The summed E-state index contributed by atoms with van der Waals surface area (Å²) < 4.78 is 3.58. The summed E-state index contributed by atoms with van der Waals surface area (Å²) >= 11 is 15.3. The maximum absolute atomic E-state index is 12.5. The van der Waals surface area contributed by atoms with Gasteiger partial charge in [0.2, 0.25) is 5.95 Å². The Balaban J connectivity index is 1.50. The first-order chi connectivity index (χ1) is 13.0. The van der Waals surface area contributed by atoms with E-state index in [1.165, 1.54) is 10.8 Å². The first-order valence-corrected chi connectivity index (χ1v) is 9.20. The number of fused-ring (bicyclic) bond motifs is 1. The van der Waals surface area contributed by atoms with Gasteiger partial charge in [0, 0.05) is 12.4 Å². The molecule has 0 radical (unpaired) electrons. The predicted molar refractivity (Wildman–Crippen MR) is 104 cm³/mol. The first kappa shape index (κ1) is 17.9. The molecule has 0 saturated carbocycles. The molecule has 136 valence electrons. The lowest BCUT2D eigenvalue weighted by molar-refractivity contribution is 0.102. The Labute approximate surface area is 171 Å². The van der Waals surface area contributed by atoms with Gasteiger partial charge >= 0.3 is 0 Å². The predicted octanol–water partition coefficient (Wildman–Crippen LogP) is 3.69. The number of amides is 1. The first-order valence-electron chi connectivity index (χ1n) is 7.65. The molecule has 0 saturated heterocycles. The number of nitrogens with zero attached hydrogens (tertiary/aromatic N) is 6. The fourth-order valence-corrected chi connectivity index (χ4v) is 3.28. The number of benzene rings is 1. The Hall–Kier alpha value is -2.49. The number of hydrogen-bond donors (Lipinski definition) is 1. The van der Waals surface area contributed by atoms with Crippen molar-refractivity contribution in [2.75, 3.05) is 5.32 Å². The third-order valence-electron chi connectivity index (χ3n) is 3.64. The molecule has 3 aromatic heterocycles. The van der Waals surface area contributed by atoms with E-state index < -0.39 is 5.91 Å². The number of carbonyl (C=O) groups excluding carboxylic acids is 1. The second kappa shape index (κ2) is 7.26. The number of aromatic nitrogens is 6. The van der Waals surface area contributed by atoms with Crippen molar-refractivity contribution in [2.24, 2.45) is 0 Å². The summed E-state index contributed by atoms with van der Waals surface area (Å²) in [6.07, 6.45) is 4.84. The molecule has 1 aromatic carbocycles. The van der Waals surface area contributed by atoms with Crippen molar-refractivity contribution >= 4 is 56.6 Å². The zero-order chi connectivity index (χ0) is 19.0. The summed E-state index contributed by atoms with van der Waals surface area (Å²) in [5.74, 6) is -0.281. The van der Waals surface area contributed by atoms with Crippen LogP contribution in [0.25, 0.3) is 5.65 Å². The zero-order valence-corrected chi connectivity index (χ0v) is 16.6. The number of carbonyl (C=O) groups is 1. The molecular formula is C16H10BrCl2N7O. The van der Waals surface area contributed by atoms with Gasteiger partial charge in [-0.3, -0.25) is 10.1 Å². The van der Waals surface area contributed by atoms with Crippen LogP contribution in [0.4, 0.5) is 5.95 Å². The molecule has 3 heterocycles. The van der Waals surface area contributed by atoms with Crippen LogP contribution < -0.4 is 5.32 Å². The summed E-state index contributed by atoms with van der Waals surface area (Å²) in [6.45, 7) is 0.432. The van der Waals surface area contributed by atoms with E-state index in [1.54, 1.807) is 35.3 Å². The van der Waals surface area contributed by atoms with Crippen LogP contribution in [0.5, 0.6) is 0 Å². The topological polar surface area (TPSA) is 90.0 Å². The van der Waals surface area contributed by atoms with Gasteiger partial charge in [0.15, 0.2) is 11.3 Å². The van der Waals surface area contributed by atoms with Crippen molar-refractivity contribution in [1.29, 1.82) is 0 Å². The molecule has 27 heavy (non-hydrogen) atoms. The van der Waals surface area contributed by atoms with Crippen LogP contribution in [0.3, 0.4) is 0 Å². The van der Waals surface area contributed by atoms with E-state index in [0.717, 1.165) is 5.56 Å². The Bertz CT molecular complexity index is 1160. The fraction of sp³-hybridized carbons (Fsp3) is 0.0625. The van der Waals surface area contributed by atoms with Crippen molar-refractivity contribution in [1.82, 2.24) is 29.4 Å². The van der Waals surface area contributed by atoms with E-state index in [1.807, 2.05) is 6.07 Å². The van der Waals surface area contributed by atoms with Gasteiger partial charge in [-0.1, -0.05) is 29.3 Å². The smallest absolute Gasteiger partial charge is 0.279 e. The van der Waals surface area contributed by atoms with Crippen molar-refractivity contribution < 1.29 is 4.79 Å². The van der Waals surface area contributed by atoms with E-state index in [0.29, 0.717) is 26.7 Å². The van der Waals surface area contributed by atoms with Gasteiger partial charge in [0.1, 0.15) is 6.33 Å². The van der Waals surface area contributed by atoms with Gasteiger partial charge in [-0.2, -0.15) is 5.10 Å². The Morgan fingerprint density at radius 3 is 2.81 bits per heavy atom. The highest BCUT2D eigenvalue weighted by Crippen LogP contribution is 2.23. The van der Waals surface area contributed by atoms with Gasteiger partial charge < -0.3 is 0 Å². The van der Waals surface area contributed by atoms with Gasteiger partial charge in [-0.05, 0) is 39.7 Å². The highest BCUT2D eigenvalue weighted by molar-refractivity contribution is 9.10. The number of hydrogen-bond acceptors (Lipinski definition) is 5. The molecule has 0 fully saturated rings. The summed E-state index contributed by atoms with van der Waals surface area (Å²) in [5, 5.41) is 12.0. The maximum Gasteiger partial charge on any atom is 0.279 e. The maximum atomic E-state index is 12.5. The number of rotatable bonds is 4. The van der Waals surface area contributed by atoms with E-state index in [2.05, 4.69) is 41.4 Å². The van der Waals surface area contributed by atoms with Crippen molar-refractivity contribution in [3.63, 3.8) is 0 Å². The average molecular weight is 467 g/mol. The summed E-state index contributed by atoms with van der Waals surface area (Å²) in [4.78, 5) is 20.8. The monoisotopic (exact) mass is 465 g/mol. The normalized spacial score (nSPS) is 11.1. The zero-order valence-electron chi connectivity index (χ0n) is 13.5. The number of anilines is 1. The molecule has 8 nitrogen and oxygen atoms in total. The highest BCUT2D eigenvalue weighted by Gasteiger charge is 2.19. The Kier molecular flexibility index (Phi) is 4.81. The molecule has 0 unspecified atom stereocenters. The van der Waals surface area contributed by atoms with Gasteiger partial charge in [0.25, 0.3) is 5.91 Å². The largest absolute Gasteiger partial charge is 0.288 e. The molecule has 0 aliphatic heterocycles.